The average Bonchev–Trinajstić information content (AvgIpc) is 3.11. The van der Waals surface area contributed by atoms with Gasteiger partial charge in [0.05, 0.1) is 11.3 Å². The third-order valence-electron chi connectivity index (χ3n) is 5.13. The third kappa shape index (κ3) is 3.36. The summed E-state index contributed by atoms with van der Waals surface area (Å²) in [5.41, 5.74) is 2.26. The Morgan fingerprint density at radius 3 is 2.52 bits per heavy atom. The minimum absolute atomic E-state index is 0.107. The summed E-state index contributed by atoms with van der Waals surface area (Å²) >= 11 is 6.12. The Morgan fingerprint density at radius 2 is 1.86 bits per heavy atom. The Morgan fingerprint density at radius 1 is 1.10 bits per heavy atom. The summed E-state index contributed by atoms with van der Waals surface area (Å²) in [6.45, 7) is 0.456. The maximum absolute atomic E-state index is 11.9. The Balaban J connectivity index is 1.93. The number of hydrogen-bond acceptors (Lipinski definition) is 3. The molecule has 1 heterocycles. The minimum Gasteiger partial charge on any atom is -0.488 e. The molecule has 1 amide bonds. The first-order valence-corrected chi connectivity index (χ1v) is 9.60. The fraction of sp³-hybridized carbons (Fsp3) is 0.182. The van der Waals surface area contributed by atoms with Gasteiger partial charge in [-0.3, -0.25) is 4.90 Å². The van der Waals surface area contributed by atoms with Gasteiger partial charge in [0.1, 0.15) is 12.4 Å². The average molecular weight is 412 g/mol. The molecule has 3 aromatic rings. The minimum atomic E-state index is -1.08. The lowest BCUT2D eigenvalue weighted by Gasteiger charge is -2.18. The molecule has 148 valence electrons. The van der Waals surface area contributed by atoms with E-state index in [9.17, 15) is 19.8 Å². The van der Waals surface area contributed by atoms with Crippen molar-refractivity contribution in [3.8, 4) is 5.75 Å². The van der Waals surface area contributed by atoms with E-state index >= 15 is 0 Å². The highest BCUT2D eigenvalue weighted by atomic mass is 35.5. The van der Waals surface area contributed by atoms with Gasteiger partial charge in [-0.25, -0.2) is 9.59 Å². The number of carboxylic acids is 1. The monoisotopic (exact) mass is 411 g/mol. The van der Waals surface area contributed by atoms with Gasteiger partial charge < -0.3 is 14.9 Å². The summed E-state index contributed by atoms with van der Waals surface area (Å²) in [5, 5.41) is 20.5. The number of benzene rings is 3. The largest absolute Gasteiger partial charge is 0.488 e. The molecule has 1 aliphatic heterocycles. The van der Waals surface area contributed by atoms with Gasteiger partial charge in [-0.15, -0.1) is 11.6 Å². The first-order chi connectivity index (χ1) is 14.0. The van der Waals surface area contributed by atoms with Crippen molar-refractivity contribution in [2.75, 3.05) is 17.3 Å². The Labute approximate surface area is 171 Å². The van der Waals surface area contributed by atoms with Gasteiger partial charge in [-0.05, 0) is 22.6 Å². The van der Waals surface area contributed by atoms with Crippen molar-refractivity contribution in [1.29, 1.82) is 0 Å². The normalized spacial score (nSPS) is 15.3. The highest BCUT2D eigenvalue weighted by Crippen LogP contribution is 2.46. The van der Waals surface area contributed by atoms with Crippen LogP contribution in [0.15, 0.2) is 54.6 Å². The van der Waals surface area contributed by atoms with Crippen LogP contribution >= 0.6 is 11.6 Å². The van der Waals surface area contributed by atoms with E-state index < -0.39 is 12.1 Å². The van der Waals surface area contributed by atoms with E-state index in [-0.39, 0.29) is 30.5 Å². The number of alkyl halides is 1. The molecule has 0 saturated carbocycles. The maximum atomic E-state index is 11.9. The Kier molecular flexibility index (Phi) is 5.03. The molecule has 0 radical (unpaired) electrons. The van der Waals surface area contributed by atoms with Crippen molar-refractivity contribution in [1.82, 2.24) is 0 Å². The first kappa shape index (κ1) is 19.1. The third-order valence-corrected chi connectivity index (χ3v) is 5.50. The number of amides is 1. The lowest BCUT2D eigenvalue weighted by Crippen LogP contribution is -2.28. The second-order valence-corrected chi connectivity index (χ2v) is 7.17. The zero-order chi connectivity index (χ0) is 20.5. The highest BCUT2D eigenvalue weighted by molar-refractivity contribution is 6.19. The molecule has 0 bridgehead atoms. The lowest BCUT2D eigenvalue weighted by atomic mass is 9.93. The zero-order valence-corrected chi connectivity index (χ0v) is 16.1. The molecule has 0 fully saturated rings. The second-order valence-electron chi connectivity index (χ2n) is 6.86. The fourth-order valence-electron chi connectivity index (χ4n) is 3.85. The van der Waals surface area contributed by atoms with Crippen molar-refractivity contribution in [3.05, 3.63) is 71.3 Å². The number of carboxylic acid groups (broad SMARTS) is 2. The fourth-order valence-corrected chi connectivity index (χ4v) is 4.10. The van der Waals surface area contributed by atoms with E-state index in [1.54, 1.807) is 18.2 Å². The molecule has 7 heteroatoms. The van der Waals surface area contributed by atoms with Crippen LogP contribution in [-0.4, -0.2) is 34.7 Å². The summed E-state index contributed by atoms with van der Waals surface area (Å²) < 4.78 is 6.00. The van der Waals surface area contributed by atoms with E-state index in [1.807, 2.05) is 30.3 Å². The van der Waals surface area contributed by atoms with E-state index in [1.165, 1.54) is 11.0 Å². The molecular weight excluding hydrogens is 394 g/mol. The van der Waals surface area contributed by atoms with Crippen molar-refractivity contribution in [2.24, 2.45) is 0 Å². The molecular formula is C22H18ClNO5. The van der Waals surface area contributed by atoms with Crippen LogP contribution in [0.2, 0.25) is 0 Å². The van der Waals surface area contributed by atoms with Gasteiger partial charge >= 0.3 is 12.1 Å². The molecule has 0 aliphatic carbocycles. The number of halogens is 1. The van der Waals surface area contributed by atoms with Crippen molar-refractivity contribution in [2.45, 2.75) is 12.5 Å². The van der Waals surface area contributed by atoms with Gasteiger partial charge in [0, 0.05) is 29.8 Å². The summed E-state index contributed by atoms with van der Waals surface area (Å²) in [6, 6.07) is 16.1. The number of ether oxygens (including phenoxy) is 1. The predicted molar refractivity (Wildman–Crippen MR) is 111 cm³/mol. The molecule has 2 N–H and O–H groups in total. The lowest BCUT2D eigenvalue weighted by molar-refractivity contribution is 0.0698. The standard InChI is InChI=1S/C22H18ClNO5/c23-10-14-11-24(22(27)28)17-9-18(29-12-13-5-2-1-3-6-13)20-15(19(14)17)7-4-8-16(20)21(25)26/h1-9,14H,10-12H2,(H,25,26)(H,27,28). The van der Waals surface area contributed by atoms with E-state index in [4.69, 9.17) is 16.3 Å². The maximum Gasteiger partial charge on any atom is 0.411 e. The number of fused-ring (bicyclic) bond motifs is 3. The summed E-state index contributed by atoms with van der Waals surface area (Å²) in [5.74, 6) is -0.733. The molecule has 6 nitrogen and oxygen atoms in total. The highest BCUT2D eigenvalue weighted by Gasteiger charge is 2.35. The molecule has 3 aromatic carbocycles. The van der Waals surface area contributed by atoms with E-state index in [0.29, 0.717) is 22.2 Å². The number of nitrogens with zero attached hydrogens (tertiary/aromatic N) is 1. The Bertz CT molecular complexity index is 1100. The topological polar surface area (TPSA) is 87.1 Å². The van der Waals surface area contributed by atoms with E-state index in [2.05, 4.69) is 0 Å². The number of hydrogen-bond donors (Lipinski definition) is 2. The van der Waals surface area contributed by atoms with Crippen LogP contribution in [0.3, 0.4) is 0 Å². The van der Waals surface area contributed by atoms with Gasteiger partial charge in [0.25, 0.3) is 0 Å². The van der Waals surface area contributed by atoms with Crippen LogP contribution in [0.25, 0.3) is 10.8 Å². The quantitative estimate of drug-likeness (QED) is 0.581. The van der Waals surface area contributed by atoms with Gasteiger partial charge in [0.15, 0.2) is 0 Å². The van der Waals surface area contributed by atoms with Crippen LogP contribution in [0, 0.1) is 0 Å². The molecule has 1 aliphatic rings. The van der Waals surface area contributed by atoms with Crippen LogP contribution < -0.4 is 9.64 Å². The van der Waals surface area contributed by atoms with Crippen LogP contribution in [0.4, 0.5) is 10.5 Å². The number of aromatic carboxylic acids is 1. The molecule has 0 spiro atoms. The summed E-state index contributed by atoms with van der Waals surface area (Å²) in [4.78, 5) is 24.9. The number of rotatable bonds is 5. The smallest absolute Gasteiger partial charge is 0.411 e. The number of anilines is 1. The van der Waals surface area contributed by atoms with Crippen molar-refractivity contribution >= 4 is 40.1 Å². The SMILES string of the molecule is O=C(O)c1cccc2c3c(cc(OCc4ccccc4)c12)N(C(=O)O)CC3CCl. The molecule has 0 saturated heterocycles. The van der Waals surface area contributed by atoms with Crippen LogP contribution in [-0.2, 0) is 6.61 Å². The molecule has 1 atom stereocenters. The van der Waals surface area contributed by atoms with Crippen LogP contribution in [0.5, 0.6) is 5.75 Å². The van der Waals surface area contributed by atoms with Gasteiger partial charge in [-0.2, -0.15) is 0 Å². The summed E-state index contributed by atoms with van der Waals surface area (Å²) in [7, 11) is 0. The van der Waals surface area contributed by atoms with Crippen LogP contribution in [0.1, 0.15) is 27.4 Å². The van der Waals surface area contributed by atoms with Crippen molar-refractivity contribution in [3.63, 3.8) is 0 Å². The number of carbonyl (C=O) groups is 2. The predicted octanol–water partition coefficient (Wildman–Crippen LogP) is 4.94. The van der Waals surface area contributed by atoms with Gasteiger partial charge in [-0.1, -0.05) is 42.5 Å². The zero-order valence-electron chi connectivity index (χ0n) is 15.3. The van der Waals surface area contributed by atoms with E-state index in [0.717, 1.165) is 11.1 Å². The first-order valence-electron chi connectivity index (χ1n) is 9.07. The summed E-state index contributed by atoms with van der Waals surface area (Å²) in [6.07, 6.45) is -1.08. The molecule has 1 unspecified atom stereocenters. The molecule has 29 heavy (non-hydrogen) atoms. The van der Waals surface area contributed by atoms with Gasteiger partial charge in [0.2, 0.25) is 0 Å². The Hall–Kier alpha value is -3.25. The van der Waals surface area contributed by atoms with Crippen molar-refractivity contribution < 1.29 is 24.5 Å². The second kappa shape index (κ2) is 7.64. The molecule has 4 rings (SSSR count). The molecule has 0 aromatic heterocycles.